The van der Waals surface area contributed by atoms with Crippen molar-refractivity contribution in [3.8, 4) is 0 Å². The molecule has 0 fully saturated rings. The third kappa shape index (κ3) is 15.7. The van der Waals surface area contributed by atoms with Gasteiger partial charge in [-0.15, -0.1) is 0 Å². The van der Waals surface area contributed by atoms with Gasteiger partial charge in [-0.2, -0.15) is 15.0 Å². The molecule has 0 spiro atoms. The normalized spacial score (nSPS) is 11.1. The average molecular weight is 440 g/mol. The molecule has 0 aliphatic heterocycles. The van der Waals surface area contributed by atoms with E-state index in [1.54, 1.807) is 0 Å². The Hall–Kier alpha value is -1.71. The zero-order valence-corrected chi connectivity index (χ0v) is 19.9. The van der Waals surface area contributed by atoms with Crippen molar-refractivity contribution in [1.82, 2.24) is 15.0 Å². The molecule has 1 heterocycles. The summed E-state index contributed by atoms with van der Waals surface area (Å²) in [6.45, 7) is 11.7. The Balaban J connectivity index is 2.43. The fourth-order valence-corrected chi connectivity index (χ4v) is 2.83. The topological polar surface area (TPSA) is 119 Å². The molecule has 0 saturated heterocycles. The maximum atomic E-state index is 5.54. The highest BCUT2D eigenvalue weighted by Gasteiger charge is 2.07. The molecule has 180 valence electrons. The van der Waals surface area contributed by atoms with Gasteiger partial charge in [-0.25, -0.2) is 0 Å². The smallest absolute Gasteiger partial charge is 0.229 e. The second-order valence-corrected chi connectivity index (χ2v) is 8.05. The van der Waals surface area contributed by atoms with Crippen LogP contribution in [0, 0.1) is 5.92 Å². The van der Waals surface area contributed by atoms with Gasteiger partial charge < -0.3 is 31.2 Å². The molecule has 9 heteroatoms. The molecule has 0 radical (unpaired) electrons. The standard InChI is InChI=1S/C22H45N7O2/c1-4-5-6-7-8-9-12-24-20-27-21(25-13-10-19(2)3)29-22(28-20)26-14-16-31-18-17-30-15-11-23/h19H,4-18,23H2,1-3H3,(H3,24,25,26,27,28,29). The monoisotopic (exact) mass is 439 g/mol. The van der Waals surface area contributed by atoms with Gasteiger partial charge >= 0.3 is 0 Å². The minimum atomic E-state index is 0.531. The first-order valence-corrected chi connectivity index (χ1v) is 12.0. The van der Waals surface area contributed by atoms with Gasteiger partial charge in [0, 0.05) is 26.2 Å². The summed E-state index contributed by atoms with van der Waals surface area (Å²) in [7, 11) is 0. The molecule has 0 unspecified atom stereocenters. The van der Waals surface area contributed by atoms with Crippen LogP contribution in [0.1, 0.15) is 65.7 Å². The molecule has 0 aliphatic rings. The fourth-order valence-electron chi connectivity index (χ4n) is 2.83. The minimum absolute atomic E-state index is 0.531. The van der Waals surface area contributed by atoms with E-state index >= 15 is 0 Å². The lowest BCUT2D eigenvalue weighted by Crippen LogP contribution is -2.17. The molecule has 0 bridgehead atoms. The Bertz CT molecular complexity index is 547. The number of nitrogens with two attached hydrogens (primary N) is 1. The molecule has 0 aliphatic carbocycles. The van der Waals surface area contributed by atoms with Crippen LogP contribution >= 0.6 is 0 Å². The van der Waals surface area contributed by atoms with E-state index in [9.17, 15) is 0 Å². The van der Waals surface area contributed by atoms with E-state index in [2.05, 4.69) is 51.7 Å². The lowest BCUT2D eigenvalue weighted by molar-refractivity contribution is 0.0547. The van der Waals surface area contributed by atoms with Crippen LogP contribution in [0.15, 0.2) is 0 Å². The van der Waals surface area contributed by atoms with Crippen LogP contribution in [0.4, 0.5) is 17.8 Å². The first-order valence-electron chi connectivity index (χ1n) is 12.0. The number of hydrogen-bond donors (Lipinski definition) is 4. The summed E-state index contributed by atoms with van der Waals surface area (Å²) in [5, 5.41) is 9.88. The number of hydrogen-bond acceptors (Lipinski definition) is 9. The highest BCUT2D eigenvalue weighted by molar-refractivity contribution is 5.42. The van der Waals surface area contributed by atoms with Crippen molar-refractivity contribution in [1.29, 1.82) is 0 Å². The van der Waals surface area contributed by atoms with E-state index in [4.69, 9.17) is 15.2 Å². The number of anilines is 3. The van der Waals surface area contributed by atoms with E-state index in [0.29, 0.717) is 63.3 Å². The van der Waals surface area contributed by atoms with Gasteiger partial charge in [0.15, 0.2) is 0 Å². The third-order valence-electron chi connectivity index (χ3n) is 4.62. The van der Waals surface area contributed by atoms with E-state index in [0.717, 1.165) is 25.9 Å². The van der Waals surface area contributed by atoms with Gasteiger partial charge in [0.1, 0.15) is 0 Å². The summed E-state index contributed by atoms with van der Waals surface area (Å²) >= 11 is 0. The Morgan fingerprint density at radius 1 is 0.710 bits per heavy atom. The van der Waals surface area contributed by atoms with Gasteiger partial charge in [-0.05, 0) is 18.8 Å². The molecule has 1 aromatic rings. The molecule has 31 heavy (non-hydrogen) atoms. The van der Waals surface area contributed by atoms with Gasteiger partial charge in [0.05, 0.1) is 26.4 Å². The zero-order valence-electron chi connectivity index (χ0n) is 19.9. The van der Waals surface area contributed by atoms with Crippen molar-refractivity contribution in [3.63, 3.8) is 0 Å². The number of nitrogens with one attached hydrogen (secondary N) is 3. The Labute approximate surface area is 188 Å². The second-order valence-electron chi connectivity index (χ2n) is 8.05. The predicted molar refractivity (Wildman–Crippen MR) is 129 cm³/mol. The largest absolute Gasteiger partial charge is 0.378 e. The van der Waals surface area contributed by atoms with Crippen molar-refractivity contribution in [2.75, 3.05) is 68.6 Å². The third-order valence-corrected chi connectivity index (χ3v) is 4.62. The van der Waals surface area contributed by atoms with E-state index < -0.39 is 0 Å². The maximum Gasteiger partial charge on any atom is 0.229 e. The van der Waals surface area contributed by atoms with Crippen LogP contribution in [0.3, 0.4) is 0 Å². The number of aromatic nitrogens is 3. The maximum absolute atomic E-state index is 5.54. The van der Waals surface area contributed by atoms with Crippen molar-refractivity contribution < 1.29 is 9.47 Å². The summed E-state index contributed by atoms with van der Waals surface area (Å²) < 4.78 is 10.8. The lowest BCUT2D eigenvalue weighted by Gasteiger charge is -2.12. The van der Waals surface area contributed by atoms with Gasteiger partial charge in [-0.1, -0.05) is 52.9 Å². The molecule has 0 atom stereocenters. The summed E-state index contributed by atoms with van der Waals surface area (Å²) in [5.74, 6) is 2.38. The number of nitrogens with zero attached hydrogens (tertiary/aromatic N) is 3. The molecular formula is C22H45N7O2. The molecule has 0 amide bonds. The average Bonchev–Trinajstić information content (AvgIpc) is 2.75. The fraction of sp³-hybridized carbons (Fsp3) is 0.864. The Kier molecular flexibility index (Phi) is 16.8. The van der Waals surface area contributed by atoms with E-state index in [1.165, 1.54) is 32.1 Å². The summed E-state index contributed by atoms with van der Waals surface area (Å²) in [4.78, 5) is 13.5. The molecule has 5 N–H and O–H groups in total. The van der Waals surface area contributed by atoms with Crippen LogP contribution in [-0.4, -0.2) is 67.6 Å². The quantitative estimate of drug-likeness (QED) is 0.213. The molecule has 0 saturated carbocycles. The minimum Gasteiger partial charge on any atom is -0.378 e. The van der Waals surface area contributed by atoms with Crippen LogP contribution in [0.2, 0.25) is 0 Å². The van der Waals surface area contributed by atoms with Gasteiger partial charge in [0.2, 0.25) is 17.8 Å². The van der Waals surface area contributed by atoms with Crippen molar-refractivity contribution in [2.24, 2.45) is 11.7 Å². The molecule has 9 nitrogen and oxygen atoms in total. The SMILES string of the molecule is CCCCCCCCNc1nc(NCCOCCOCCN)nc(NCCC(C)C)n1. The van der Waals surface area contributed by atoms with E-state index in [1.807, 2.05) is 0 Å². The number of ether oxygens (including phenoxy) is 2. The first kappa shape index (κ1) is 27.3. The zero-order chi connectivity index (χ0) is 22.6. The predicted octanol–water partition coefficient (Wildman–Crippen LogP) is 3.51. The van der Waals surface area contributed by atoms with Crippen LogP contribution in [-0.2, 0) is 9.47 Å². The van der Waals surface area contributed by atoms with Gasteiger partial charge in [0.25, 0.3) is 0 Å². The van der Waals surface area contributed by atoms with Crippen molar-refractivity contribution >= 4 is 17.8 Å². The summed E-state index contributed by atoms with van der Waals surface area (Å²) in [6.07, 6.45) is 8.63. The number of unbranched alkanes of at least 4 members (excludes halogenated alkanes) is 5. The second kappa shape index (κ2) is 19.0. The van der Waals surface area contributed by atoms with Crippen molar-refractivity contribution in [2.45, 2.75) is 65.7 Å². The van der Waals surface area contributed by atoms with E-state index in [-0.39, 0.29) is 0 Å². The highest BCUT2D eigenvalue weighted by atomic mass is 16.5. The van der Waals surface area contributed by atoms with Crippen LogP contribution in [0.25, 0.3) is 0 Å². The number of rotatable bonds is 21. The van der Waals surface area contributed by atoms with Crippen LogP contribution < -0.4 is 21.7 Å². The van der Waals surface area contributed by atoms with Gasteiger partial charge in [-0.3, -0.25) is 0 Å². The summed E-state index contributed by atoms with van der Waals surface area (Å²) in [5.41, 5.74) is 5.38. The van der Waals surface area contributed by atoms with Crippen LogP contribution in [0.5, 0.6) is 0 Å². The lowest BCUT2D eigenvalue weighted by atomic mass is 10.1. The molecule has 0 aromatic carbocycles. The van der Waals surface area contributed by atoms with Crippen molar-refractivity contribution in [3.05, 3.63) is 0 Å². The highest BCUT2D eigenvalue weighted by Crippen LogP contribution is 2.11. The molecular weight excluding hydrogens is 394 g/mol. The first-order chi connectivity index (χ1) is 15.2. The summed E-state index contributed by atoms with van der Waals surface area (Å²) in [6, 6.07) is 0. The molecule has 1 rings (SSSR count). The Morgan fingerprint density at radius 2 is 1.26 bits per heavy atom. The molecule has 1 aromatic heterocycles. The Morgan fingerprint density at radius 3 is 1.87 bits per heavy atom.